The summed E-state index contributed by atoms with van der Waals surface area (Å²) in [6, 6.07) is 0. The number of halogens is 1. The molecular formula is C4H8FS. The zero-order valence-corrected chi connectivity index (χ0v) is 4.59. The van der Waals surface area contributed by atoms with Crippen LogP contribution < -0.4 is 0 Å². The van der Waals surface area contributed by atoms with Gasteiger partial charge in [0, 0.05) is 0 Å². The zero-order chi connectivity index (χ0) is 4.99. The van der Waals surface area contributed by atoms with E-state index in [9.17, 15) is 4.39 Å². The third-order valence-electron chi connectivity index (χ3n) is 0.516. The lowest BCUT2D eigenvalue weighted by Gasteiger charge is -1.89. The van der Waals surface area contributed by atoms with Gasteiger partial charge in [-0.05, 0) is 6.42 Å². The molecule has 2 heteroatoms. The van der Waals surface area contributed by atoms with Crippen molar-refractivity contribution in [3.8, 4) is 0 Å². The van der Waals surface area contributed by atoms with Gasteiger partial charge in [0.05, 0.1) is 0 Å². The highest BCUT2D eigenvalue weighted by Gasteiger charge is 1.92. The van der Waals surface area contributed by atoms with Gasteiger partial charge in [-0.2, -0.15) is 0 Å². The van der Waals surface area contributed by atoms with Crippen LogP contribution in [0, 0.1) is 0 Å². The van der Waals surface area contributed by atoms with Crippen LogP contribution in [0.25, 0.3) is 0 Å². The molecule has 0 nitrogen and oxygen atoms in total. The van der Waals surface area contributed by atoms with Crippen molar-refractivity contribution in [2.24, 2.45) is 0 Å². The smallest absolute Gasteiger partial charge is 0.155 e. The maximum atomic E-state index is 11.5. The lowest BCUT2D eigenvalue weighted by molar-refractivity contribution is 0.429. The van der Waals surface area contributed by atoms with E-state index in [0.29, 0.717) is 6.42 Å². The molecular weight excluding hydrogens is 99.1 g/mol. The second-order valence-corrected chi connectivity index (χ2v) is 1.71. The SMILES string of the molecule is CCCC(F)[S]. The molecule has 0 spiro atoms. The summed E-state index contributed by atoms with van der Waals surface area (Å²) in [5.41, 5.74) is -1.02. The first kappa shape index (κ1) is 6.28. The largest absolute Gasteiger partial charge is 0.235 e. The first-order valence-corrected chi connectivity index (χ1v) is 2.54. The van der Waals surface area contributed by atoms with Crippen LogP contribution >= 0.6 is 12.6 Å². The summed E-state index contributed by atoms with van der Waals surface area (Å²) in [7, 11) is 0. The van der Waals surface area contributed by atoms with E-state index >= 15 is 0 Å². The Bertz CT molecular complexity index is 28.7. The number of hydrogen-bond donors (Lipinski definition) is 0. The Morgan fingerprint density at radius 3 is 2.33 bits per heavy atom. The van der Waals surface area contributed by atoms with Crippen LogP contribution in [0.1, 0.15) is 19.8 Å². The molecule has 0 aromatic carbocycles. The summed E-state index contributed by atoms with van der Waals surface area (Å²) in [5.74, 6) is 0. The van der Waals surface area contributed by atoms with Gasteiger partial charge < -0.3 is 0 Å². The molecule has 0 aliphatic heterocycles. The molecule has 0 aliphatic carbocycles. The molecule has 0 fully saturated rings. The highest BCUT2D eigenvalue weighted by Crippen LogP contribution is 2.03. The maximum absolute atomic E-state index is 11.5. The highest BCUT2D eigenvalue weighted by molar-refractivity contribution is 7.80. The van der Waals surface area contributed by atoms with Crippen LogP contribution in [0.3, 0.4) is 0 Å². The summed E-state index contributed by atoms with van der Waals surface area (Å²) in [4.78, 5) is 0. The summed E-state index contributed by atoms with van der Waals surface area (Å²) in [6.45, 7) is 1.92. The average molecular weight is 107 g/mol. The molecule has 1 unspecified atom stereocenters. The summed E-state index contributed by atoms with van der Waals surface area (Å²) < 4.78 is 11.5. The van der Waals surface area contributed by atoms with Crippen molar-refractivity contribution in [2.75, 3.05) is 0 Å². The number of rotatable bonds is 2. The lowest BCUT2D eigenvalue weighted by atomic mass is 10.4. The Morgan fingerprint density at radius 1 is 1.83 bits per heavy atom. The molecule has 37 valence electrons. The highest BCUT2D eigenvalue weighted by atomic mass is 32.1. The average Bonchev–Trinajstić information content (AvgIpc) is 1.35. The van der Waals surface area contributed by atoms with Gasteiger partial charge in [-0.3, -0.25) is 0 Å². The van der Waals surface area contributed by atoms with E-state index in [1.54, 1.807) is 0 Å². The minimum Gasteiger partial charge on any atom is -0.235 e. The van der Waals surface area contributed by atoms with Gasteiger partial charge >= 0.3 is 0 Å². The van der Waals surface area contributed by atoms with Crippen molar-refractivity contribution < 1.29 is 4.39 Å². The van der Waals surface area contributed by atoms with Crippen LogP contribution in [0.5, 0.6) is 0 Å². The van der Waals surface area contributed by atoms with Gasteiger partial charge in [-0.25, -0.2) is 4.39 Å². The molecule has 0 N–H and O–H groups in total. The topological polar surface area (TPSA) is 0 Å². The standard InChI is InChI=1S/C4H8FS/c1-2-3-4(5)6/h4H,2-3H2,1H3. The summed E-state index contributed by atoms with van der Waals surface area (Å²) in [5, 5.41) is 0. The van der Waals surface area contributed by atoms with Gasteiger partial charge in [-0.15, -0.1) is 0 Å². The maximum Gasteiger partial charge on any atom is 0.155 e. The van der Waals surface area contributed by atoms with Crippen molar-refractivity contribution in [2.45, 2.75) is 25.3 Å². The predicted molar refractivity (Wildman–Crippen MR) is 27.4 cm³/mol. The van der Waals surface area contributed by atoms with Crippen molar-refractivity contribution in [3.63, 3.8) is 0 Å². The van der Waals surface area contributed by atoms with Crippen LogP contribution in [0.4, 0.5) is 4.39 Å². The van der Waals surface area contributed by atoms with Gasteiger partial charge in [0.1, 0.15) is 0 Å². The predicted octanol–water partition coefficient (Wildman–Crippen LogP) is 2.28. The molecule has 0 aromatic heterocycles. The van der Waals surface area contributed by atoms with E-state index in [4.69, 9.17) is 0 Å². The quantitative estimate of drug-likeness (QED) is 0.508. The number of alkyl halides is 1. The van der Waals surface area contributed by atoms with Crippen molar-refractivity contribution in [3.05, 3.63) is 0 Å². The van der Waals surface area contributed by atoms with Gasteiger partial charge in [0.15, 0.2) is 5.50 Å². The molecule has 0 amide bonds. The van der Waals surface area contributed by atoms with Crippen molar-refractivity contribution >= 4 is 12.6 Å². The summed E-state index contributed by atoms with van der Waals surface area (Å²) >= 11 is 4.21. The molecule has 1 radical (unpaired) electrons. The normalized spacial score (nSPS) is 14.5. The second kappa shape index (κ2) is 3.47. The van der Waals surface area contributed by atoms with Gasteiger partial charge in [-0.1, -0.05) is 26.0 Å². The van der Waals surface area contributed by atoms with Gasteiger partial charge in [0.2, 0.25) is 0 Å². The Hall–Kier alpha value is 0.280. The molecule has 0 heterocycles. The molecule has 1 atom stereocenters. The molecule has 6 heavy (non-hydrogen) atoms. The van der Waals surface area contributed by atoms with Crippen LogP contribution in [-0.4, -0.2) is 5.50 Å². The molecule has 0 rings (SSSR count). The number of hydrogen-bond acceptors (Lipinski definition) is 0. The Morgan fingerprint density at radius 2 is 2.33 bits per heavy atom. The third kappa shape index (κ3) is 4.28. The molecule has 0 saturated heterocycles. The van der Waals surface area contributed by atoms with Crippen molar-refractivity contribution in [1.29, 1.82) is 0 Å². The fourth-order valence-electron chi connectivity index (χ4n) is 0.227. The van der Waals surface area contributed by atoms with E-state index < -0.39 is 5.50 Å². The molecule has 0 aliphatic rings. The van der Waals surface area contributed by atoms with Crippen molar-refractivity contribution in [1.82, 2.24) is 0 Å². The Kier molecular flexibility index (Phi) is 3.63. The third-order valence-corrected chi connectivity index (χ3v) is 0.751. The van der Waals surface area contributed by atoms with Gasteiger partial charge in [0.25, 0.3) is 0 Å². The van der Waals surface area contributed by atoms with E-state index in [2.05, 4.69) is 12.6 Å². The minimum absolute atomic E-state index is 0.523. The Labute approximate surface area is 43.2 Å². The summed E-state index contributed by atoms with van der Waals surface area (Å²) in [6.07, 6.45) is 1.38. The van der Waals surface area contributed by atoms with Crippen LogP contribution in [0.15, 0.2) is 0 Å². The van der Waals surface area contributed by atoms with E-state index in [-0.39, 0.29) is 0 Å². The van der Waals surface area contributed by atoms with E-state index in [1.807, 2.05) is 6.92 Å². The van der Waals surface area contributed by atoms with E-state index in [0.717, 1.165) is 6.42 Å². The Balaban J connectivity index is 2.63. The first-order valence-electron chi connectivity index (χ1n) is 2.07. The van der Waals surface area contributed by atoms with Crippen LogP contribution in [0.2, 0.25) is 0 Å². The van der Waals surface area contributed by atoms with E-state index in [1.165, 1.54) is 0 Å². The first-order chi connectivity index (χ1) is 2.77. The lowest BCUT2D eigenvalue weighted by Crippen LogP contribution is -1.83. The fraction of sp³-hybridized carbons (Fsp3) is 1.00. The minimum atomic E-state index is -1.02. The molecule has 0 saturated carbocycles. The monoisotopic (exact) mass is 107 g/mol. The second-order valence-electron chi connectivity index (χ2n) is 1.20. The zero-order valence-electron chi connectivity index (χ0n) is 3.78. The fourth-order valence-corrected chi connectivity index (χ4v) is 0.463. The molecule has 0 aromatic rings. The molecule has 0 bridgehead atoms. The van der Waals surface area contributed by atoms with Crippen LogP contribution in [-0.2, 0) is 0 Å².